The number of amides is 1. The lowest BCUT2D eigenvalue weighted by Crippen LogP contribution is -2.43. The molecule has 28 heavy (non-hydrogen) atoms. The Balaban J connectivity index is 0.00000225. The number of pyridine rings is 2. The summed E-state index contributed by atoms with van der Waals surface area (Å²) in [5.74, 6) is -0.192. The number of carbonyl (C=O) groups excluding carboxylic acids is 1. The van der Waals surface area contributed by atoms with Crippen LogP contribution in [0.25, 0.3) is 11.0 Å². The summed E-state index contributed by atoms with van der Waals surface area (Å²) >= 11 is 3.63. The summed E-state index contributed by atoms with van der Waals surface area (Å²) in [6.45, 7) is 3.52. The van der Waals surface area contributed by atoms with E-state index in [9.17, 15) is 4.79 Å². The minimum atomic E-state index is -0.192. The van der Waals surface area contributed by atoms with Crippen LogP contribution in [0.2, 0.25) is 0 Å². The minimum absolute atomic E-state index is 0. The van der Waals surface area contributed by atoms with Crippen molar-refractivity contribution in [3.8, 4) is 0 Å². The van der Waals surface area contributed by atoms with Gasteiger partial charge in [-0.1, -0.05) is 0 Å². The molecule has 3 aromatic rings. The predicted octanol–water partition coefficient (Wildman–Crippen LogP) is 3.63. The lowest BCUT2D eigenvalue weighted by Gasteiger charge is -2.33. The molecule has 1 amide bonds. The van der Waals surface area contributed by atoms with Crippen molar-refractivity contribution in [2.75, 3.05) is 23.3 Å². The number of H-pyrrole nitrogens is 1. The Morgan fingerprint density at radius 1 is 1.43 bits per heavy atom. The van der Waals surface area contributed by atoms with Gasteiger partial charge in [-0.3, -0.25) is 9.78 Å². The first-order chi connectivity index (χ1) is 13.0. The number of aryl methyl sites for hydroxylation is 1. The molecule has 0 radical (unpaired) electrons. The number of aromatic nitrogens is 3. The molecule has 1 aliphatic heterocycles. The Kier molecular flexibility index (Phi) is 6.22. The predicted molar refractivity (Wildman–Crippen MR) is 117 cm³/mol. The maximum absolute atomic E-state index is 12.8. The van der Waals surface area contributed by atoms with Gasteiger partial charge in [0.2, 0.25) is 0 Å². The molecule has 0 spiro atoms. The van der Waals surface area contributed by atoms with Gasteiger partial charge in [0.1, 0.15) is 5.65 Å². The molecule has 7 nitrogen and oxygen atoms in total. The van der Waals surface area contributed by atoms with E-state index in [0.717, 1.165) is 47.1 Å². The Hall–Kier alpha value is -2.16. The van der Waals surface area contributed by atoms with Gasteiger partial charge < -0.3 is 20.9 Å². The highest BCUT2D eigenvalue weighted by molar-refractivity contribution is 9.10. The van der Waals surface area contributed by atoms with Gasteiger partial charge in [0.25, 0.3) is 5.91 Å². The van der Waals surface area contributed by atoms with Crippen LogP contribution >= 0.6 is 28.3 Å². The zero-order valence-electron chi connectivity index (χ0n) is 15.4. The van der Waals surface area contributed by atoms with Crippen LogP contribution in [-0.4, -0.2) is 40.0 Å². The topological polar surface area (TPSA) is 99.9 Å². The molecule has 3 aromatic heterocycles. The van der Waals surface area contributed by atoms with Gasteiger partial charge in [-0.05, 0) is 47.8 Å². The highest BCUT2D eigenvalue weighted by Crippen LogP contribution is 2.38. The van der Waals surface area contributed by atoms with Gasteiger partial charge in [-0.25, -0.2) is 4.98 Å². The number of hydrogen-bond donors (Lipinski definition) is 3. The molecule has 4 rings (SSSR count). The number of nitrogens with one attached hydrogen (secondary N) is 2. The lowest BCUT2D eigenvalue weighted by atomic mass is 10.1. The van der Waals surface area contributed by atoms with E-state index in [1.54, 1.807) is 30.7 Å². The lowest BCUT2D eigenvalue weighted by molar-refractivity contribution is 0.102. The average Bonchev–Trinajstić information content (AvgIpc) is 3.04. The fourth-order valence-electron chi connectivity index (χ4n) is 3.59. The van der Waals surface area contributed by atoms with Crippen LogP contribution in [0.15, 0.2) is 35.2 Å². The second-order valence-electron chi connectivity index (χ2n) is 6.82. The number of fused-ring (bicyclic) bond motifs is 1. The summed E-state index contributed by atoms with van der Waals surface area (Å²) in [5, 5.41) is 3.89. The van der Waals surface area contributed by atoms with E-state index in [1.807, 2.05) is 6.92 Å². The third-order valence-electron chi connectivity index (χ3n) is 4.90. The largest absolute Gasteiger partial charge is 0.368 e. The molecule has 1 fully saturated rings. The molecule has 148 valence electrons. The fraction of sp³-hybridized carbons (Fsp3) is 0.316. The second kappa shape index (κ2) is 8.46. The van der Waals surface area contributed by atoms with Gasteiger partial charge in [-0.15, -0.1) is 12.4 Å². The van der Waals surface area contributed by atoms with Crippen molar-refractivity contribution < 1.29 is 4.79 Å². The van der Waals surface area contributed by atoms with E-state index in [1.165, 1.54) is 0 Å². The number of nitrogens with two attached hydrogens (primary N) is 1. The summed E-state index contributed by atoms with van der Waals surface area (Å²) in [6.07, 6.45) is 7.31. The number of halogens is 2. The van der Waals surface area contributed by atoms with Crippen LogP contribution in [0.1, 0.15) is 28.9 Å². The molecule has 4 heterocycles. The average molecular weight is 466 g/mol. The number of anilines is 2. The van der Waals surface area contributed by atoms with Crippen LogP contribution in [0.5, 0.6) is 0 Å². The third-order valence-corrected chi connectivity index (χ3v) is 5.48. The van der Waals surface area contributed by atoms with Crippen molar-refractivity contribution in [2.45, 2.75) is 25.8 Å². The molecule has 0 bridgehead atoms. The van der Waals surface area contributed by atoms with E-state index in [4.69, 9.17) is 5.73 Å². The minimum Gasteiger partial charge on any atom is -0.368 e. The fourth-order valence-corrected chi connectivity index (χ4v) is 4.14. The second-order valence-corrected chi connectivity index (χ2v) is 7.67. The van der Waals surface area contributed by atoms with Crippen molar-refractivity contribution in [1.29, 1.82) is 0 Å². The number of aromatic amines is 1. The molecule has 1 aliphatic rings. The third kappa shape index (κ3) is 3.85. The number of carbonyl (C=O) groups is 1. The monoisotopic (exact) mass is 464 g/mol. The van der Waals surface area contributed by atoms with Gasteiger partial charge >= 0.3 is 0 Å². The van der Waals surface area contributed by atoms with Crippen LogP contribution in [-0.2, 0) is 0 Å². The van der Waals surface area contributed by atoms with Crippen molar-refractivity contribution in [3.05, 3.63) is 46.5 Å². The molecule has 9 heteroatoms. The first-order valence-corrected chi connectivity index (χ1v) is 9.73. The molecule has 1 atom stereocenters. The molecule has 0 aromatic carbocycles. The first-order valence-electron chi connectivity index (χ1n) is 8.93. The molecule has 4 N–H and O–H groups in total. The normalized spacial score (nSPS) is 16.7. The van der Waals surface area contributed by atoms with E-state index in [-0.39, 0.29) is 24.4 Å². The molecular formula is C19H22BrClN6O. The maximum atomic E-state index is 12.8. The molecule has 1 unspecified atom stereocenters. The zero-order valence-corrected chi connectivity index (χ0v) is 17.8. The number of nitrogens with zero attached hydrogens (tertiary/aromatic N) is 3. The van der Waals surface area contributed by atoms with Gasteiger partial charge in [0, 0.05) is 43.4 Å². The van der Waals surface area contributed by atoms with Crippen LogP contribution < -0.4 is 16.0 Å². The van der Waals surface area contributed by atoms with Crippen LogP contribution in [0, 0.1) is 6.92 Å². The van der Waals surface area contributed by atoms with Gasteiger partial charge in [-0.2, -0.15) is 0 Å². The first kappa shape index (κ1) is 20.6. The molecule has 0 saturated carbocycles. The van der Waals surface area contributed by atoms with Crippen molar-refractivity contribution >= 4 is 56.7 Å². The summed E-state index contributed by atoms with van der Waals surface area (Å²) in [6, 6.07) is 3.67. The number of rotatable bonds is 3. The quantitative estimate of drug-likeness (QED) is 0.548. The molecule has 0 aliphatic carbocycles. The van der Waals surface area contributed by atoms with E-state index < -0.39 is 0 Å². The van der Waals surface area contributed by atoms with E-state index in [2.05, 4.69) is 41.1 Å². The summed E-state index contributed by atoms with van der Waals surface area (Å²) in [7, 11) is 0. The SMILES string of the molecule is Cc1ncccc1C(=O)Nc1c[nH]c2ncc(Br)c(N3CCCC(N)C3)c12.Cl. The molecule has 1 saturated heterocycles. The highest BCUT2D eigenvalue weighted by atomic mass is 79.9. The Morgan fingerprint density at radius 2 is 2.25 bits per heavy atom. The van der Waals surface area contributed by atoms with Crippen molar-refractivity contribution in [3.63, 3.8) is 0 Å². The smallest absolute Gasteiger partial charge is 0.257 e. The van der Waals surface area contributed by atoms with E-state index in [0.29, 0.717) is 16.9 Å². The summed E-state index contributed by atoms with van der Waals surface area (Å²) < 4.78 is 0.886. The number of piperidine rings is 1. The van der Waals surface area contributed by atoms with Crippen LogP contribution in [0.4, 0.5) is 11.4 Å². The number of hydrogen-bond acceptors (Lipinski definition) is 5. The summed E-state index contributed by atoms with van der Waals surface area (Å²) in [5.41, 5.74) is 9.86. The Labute approximate surface area is 177 Å². The Bertz CT molecular complexity index is 1010. The summed E-state index contributed by atoms with van der Waals surface area (Å²) in [4.78, 5) is 26.8. The highest BCUT2D eigenvalue weighted by Gasteiger charge is 2.24. The van der Waals surface area contributed by atoms with E-state index >= 15 is 0 Å². The van der Waals surface area contributed by atoms with Crippen molar-refractivity contribution in [1.82, 2.24) is 15.0 Å². The molecular weight excluding hydrogens is 444 g/mol. The maximum Gasteiger partial charge on any atom is 0.257 e. The Morgan fingerprint density at radius 3 is 3.00 bits per heavy atom. The zero-order chi connectivity index (χ0) is 19.0. The van der Waals surface area contributed by atoms with Crippen molar-refractivity contribution in [2.24, 2.45) is 5.73 Å². The van der Waals surface area contributed by atoms with Gasteiger partial charge in [0.15, 0.2) is 0 Å². The standard InChI is InChI=1S/C19H21BrN6O.ClH/c1-11-13(5-2-6-22-11)19(27)25-15-9-24-18-16(15)17(14(20)8-23-18)26-7-3-4-12(21)10-26;/h2,5-6,8-9,12H,3-4,7,10,21H2,1H3,(H,23,24)(H,25,27);1H. The van der Waals surface area contributed by atoms with Crippen LogP contribution in [0.3, 0.4) is 0 Å². The van der Waals surface area contributed by atoms with Gasteiger partial charge in [0.05, 0.1) is 26.8 Å².